The largest absolute Gasteiger partial charge is 0.462 e. The van der Waals surface area contributed by atoms with Crippen LogP contribution in [0.25, 0.3) is 0 Å². The van der Waals surface area contributed by atoms with Gasteiger partial charge < -0.3 is 15.8 Å². The van der Waals surface area contributed by atoms with Crippen molar-refractivity contribution in [3.05, 3.63) is 35.4 Å². The van der Waals surface area contributed by atoms with Gasteiger partial charge in [-0.2, -0.15) is 0 Å². The minimum atomic E-state index is -0.524. The van der Waals surface area contributed by atoms with Crippen LogP contribution in [0.4, 0.5) is 0 Å². The summed E-state index contributed by atoms with van der Waals surface area (Å²) in [4.78, 5) is 22.7. The summed E-state index contributed by atoms with van der Waals surface area (Å²) in [7, 11) is 0. The maximum absolute atomic E-state index is 11.4. The normalized spacial score (nSPS) is 11.1. The molecule has 0 spiro atoms. The highest BCUT2D eigenvalue weighted by molar-refractivity contribution is 5.89. The van der Waals surface area contributed by atoms with E-state index in [0.29, 0.717) is 18.7 Å². The number of nitrogens with one attached hydrogen (secondary N) is 1. The predicted octanol–water partition coefficient (Wildman–Crippen LogP) is 1.25. The number of halogens is 1. The lowest BCUT2D eigenvalue weighted by Gasteiger charge is -2.08. The predicted molar refractivity (Wildman–Crippen MR) is 75.1 cm³/mol. The van der Waals surface area contributed by atoms with Crippen LogP contribution in [-0.2, 0) is 16.1 Å². The molecule has 0 radical (unpaired) electrons. The van der Waals surface area contributed by atoms with Crippen LogP contribution in [0, 0.1) is 0 Å². The summed E-state index contributed by atoms with van der Waals surface area (Å²) < 4.78 is 4.87. The van der Waals surface area contributed by atoms with Crippen molar-refractivity contribution < 1.29 is 14.3 Å². The van der Waals surface area contributed by atoms with E-state index in [-0.39, 0.29) is 24.3 Å². The zero-order valence-corrected chi connectivity index (χ0v) is 11.8. The minimum Gasteiger partial charge on any atom is -0.462 e. The molecule has 0 saturated carbocycles. The van der Waals surface area contributed by atoms with Crippen LogP contribution in [0.15, 0.2) is 24.3 Å². The number of nitrogens with two attached hydrogens (primary N) is 1. The van der Waals surface area contributed by atoms with Gasteiger partial charge in [-0.15, -0.1) is 12.4 Å². The van der Waals surface area contributed by atoms with Gasteiger partial charge in [-0.05, 0) is 31.5 Å². The van der Waals surface area contributed by atoms with Crippen LogP contribution >= 0.6 is 12.4 Å². The molecule has 0 aliphatic heterocycles. The Morgan fingerprint density at radius 3 is 2.37 bits per heavy atom. The Balaban J connectivity index is 0.00000324. The maximum atomic E-state index is 11.4. The Kier molecular flexibility index (Phi) is 7.79. The summed E-state index contributed by atoms with van der Waals surface area (Å²) in [5.41, 5.74) is 6.82. The van der Waals surface area contributed by atoms with Crippen molar-refractivity contribution >= 4 is 24.3 Å². The SMILES string of the molecule is CCOC(=O)c1ccc(CNC(=O)[C@H](C)N)cc1.Cl. The highest BCUT2D eigenvalue weighted by Gasteiger charge is 2.08. The van der Waals surface area contributed by atoms with Crippen LogP contribution in [-0.4, -0.2) is 24.5 Å². The fourth-order valence-corrected chi connectivity index (χ4v) is 1.32. The fraction of sp³-hybridized carbons (Fsp3) is 0.385. The third kappa shape index (κ3) is 5.72. The van der Waals surface area contributed by atoms with Crippen molar-refractivity contribution in [2.75, 3.05) is 6.61 Å². The molecular formula is C13H19ClN2O3. The molecule has 0 fully saturated rings. The zero-order chi connectivity index (χ0) is 13.5. The first-order valence-electron chi connectivity index (χ1n) is 5.84. The molecule has 106 valence electrons. The Labute approximate surface area is 118 Å². The van der Waals surface area contributed by atoms with Gasteiger partial charge in [-0.3, -0.25) is 4.79 Å². The third-order valence-corrected chi connectivity index (χ3v) is 2.35. The lowest BCUT2D eigenvalue weighted by atomic mass is 10.1. The summed E-state index contributed by atoms with van der Waals surface area (Å²) in [5.74, 6) is -0.548. The van der Waals surface area contributed by atoms with Crippen LogP contribution in [0.1, 0.15) is 29.8 Å². The standard InChI is InChI=1S/C13H18N2O3.ClH/c1-3-18-13(17)11-6-4-10(5-7-11)8-15-12(16)9(2)14;/h4-7,9H,3,8,14H2,1-2H3,(H,15,16);1H/t9-;/m0./s1. The van der Waals surface area contributed by atoms with Gasteiger partial charge in [0.25, 0.3) is 0 Å². The second kappa shape index (κ2) is 8.50. The van der Waals surface area contributed by atoms with Gasteiger partial charge in [-0.1, -0.05) is 12.1 Å². The van der Waals surface area contributed by atoms with Crippen LogP contribution in [0.5, 0.6) is 0 Å². The average Bonchev–Trinajstić information content (AvgIpc) is 2.36. The molecular weight excluding hydrogens is 268 g/mol. The number of rotatable bonds is 5. The van der Waals surface area contributed by atoms with E-state index >= 15 is 0 Å². The van der Waals surface area contributed by atoms with Crippen molar-refractivity contribution in [1.82, 2.24) is 5.32 Å². The molecule has 0 aliphatic carbocycles. The van der Waals surface area contributed by atoms with E-state index in [2.05, 4.69) is 5.32 Å². The maximum Gasteiger partial charge on any atom is 0.338 e. The molecule has 0 heterocycles. The van der Waals surface area contributed by atoms with Gasteiger partial charge in [0.1, 0.15) is 0 Å². The second-order valence-corrected chi connectivity index (χ2v) is 3.92. The lowest BCUT2D eigenvalue weighted by Crippen LogP contribution is -2.37. The van der Waals surface area contributed by atoms with E-state index in [9.17, 15) is 9.59 Å². The number of ether oxygens (including phenoxy) is 1. The second-order valence-electron chi connectivity index (χ2n) is 3.92. The molecule has 1 amide bonds. The molecule has 1 atom stereocenters. The molecule has 0 aromatic heterocycles. The van der Waals surface area contributed by atoms with E-state index in [0.717, 1.165) is 5.56 Å². The molecule has 19 heavy (non-hydrogen) atoms. The number of hydrogen-bond donors (Lipinski definition) is 2. The van der Waals surface area contributed by atoms with Crippen molar-refractivity contribution in [2.45, 2.75) is 26.4 Å². The van der Waals surface area contributed by atoms with Crippen molar-refractivity contribution in [3.8, 4) is 0 Å². The van der Waals surface area contributed by atoms with Gasteiger partial charge in [-0.25, -0.2) is 4.79 Å². The number of benzene rings is 1. The third-order valence-electron chi connectivity index (χ3n) is 2.35. The average molecular weight is 287 g/mol. The van der Waals surface area contributed by atoms with Crippen molar-refractivity contribution in [3.63, 3.8) is 0 Å². The van der Waals surface area contributed by atoms with E-state index in [1.165, 1.54) is 0 Å². The van der Waals surface area contributed by atoms with E-state index in [1.54, 1.807) is 38.1 Å². The molecule has 6 heteroatoms. The molecule has 1 aromatic carbocycles. The molecule has 0 aliphatic rings. The number of carbonyl (C=O) groups excluding carboxylic acids is 2. The Hall–Kier alpha value is -1.59. The van der Waals surface area contributed by atoms with Crippen molar-refractivity contribution in [2.24, 2.45) is 5.73 Å². The van der Waals surface area contributed by atoms with Gasteiger partial charge in [0, 0.05) is 6.54 Å². The van der Waals surface area contributed by atoms with Crippen LogP contribution < -0.4 is 11.1 Å². The first kappa shape index (κ1) is 17.4. The molecule has 3 N–H and O–H groups in total. The molecule has 0 unspecified atom stereocenters. The van der Waals surface area contributed by atoms with Crippen LogP contribution in [0.2, 0.25) is 0 Å². The summed E-state index contributed by atoms with van der Waals surface area (Å²) in [6.07, 6.45) is 0. The highest BCUT2D eigenvalue weighted by atomic mass is 35.5. The van der Waals surface area contributed by atoms with Crippen LogP contribution in [0.3, 0.4) is 0 Å². The lowest BCUT2D eigenvalue weighted by molar-refractivity contribution is -0.122. The Morgan fingerprint density at radius 1 is 1.32 bits per heavy atom. The van der Waals surface area contributed by atoms with E-state index in [4.69, 9.17) is 10.5 Å². The van der Waals surface area contributed by atoms with Gasteiger partial charge in [0.15, 0.2) is 0 Å². The minimum absolute atomic E-state index is 0. The smallest absolute Gasteiger partial charge is 0.338 e. The number of esters is 1. The summed E-state index contributed by atoms with van der Waals surface area (Å²) in [6.45, 7) is 4.13. The Bertz CT molecular complexity index is 418. The monoisotopic (exact) mass is 286 g/mol. The number of carbonyl (C=O) groups is 2. The van der Waals surface area contributed by atoms with Gasteiger partial charge >= 0.3 is 5.97 Å². The van der Waals surface area contributed by atoms with E-state index in [1.807, 2.05) is 0 Å². The summed E-state index contributed by atoms with van der Waals surface area (Å²) in [6, 6.07) is 6.36. The number of amides is 1. The first-order chi connectivity index (χ1) is 8.54. The topological polar surface area (TPSA) is 81.4 Å². The van der Waals surface area contributed by atoms with Gasteiger partial charge in [0.05, 0.1) is 18.2 Å². The Morgan fingerprint density at radius 2 is 1.89 bits per heavy atom. The first-order valence-corrected chi connectivity index (χ1v) is 5.84. The molecule has 0 saturated heterocycles. The molecule has 1 rings (SSSR count). The molecule has 0 bridgehead atoms. The quantitative estimate of drug-likeness (QED) is 0.798. The molecule has 1 aromatic rings. The van der Waals surface area contributed by atoms with Gasteiger partial charge in [0.2, 0.25) is 5.91 Å². The highest BCUT2D eigenvalue weighted by Crippen LogP contribution is 2.06. The van der Waals surface area contributed by atoms with Crippen molar-refractivity contribution in [1.29, 1.82) is 0 Å². The zero-order valence-electron chi connectivity index (χ0n) is 11.0. The molecule has 5 nitrogen and oxygen atoms in total. The van der Waals surface area contributed by atoms with E-state index < -0.39 is 6.04 Å². The fourth-order valence-electron chi connectivity index (χ4n) is 1.32. The summed E-state index contributed by atoms with van der Waals surface area (Å²) >= 11 is 0. The summed E-state index contributed by atoms with van der Waals surface area (Å²) in [5, 5.41) is 2.69. The number of hydrogen-bond acceptors (Lipinski definition) is 4.